The fourth-order valence-electron chi connectivity index (χ4n) is 1.59. The van der Waals surface area contributed by atoms with Gasteiger partial charge in [-0.1, -0.05) is 32.0 Å². The fourth-order valence-corrected chi connectivity index (χ4v) is 2.74. The van der Waals surface area contributed by atoms with E-state index in [0.29, 0.717) is 0 Å². The monoisotopic (exact) mass is 206 g/mol. The van der Waals surface area contributed by atoms with E-state index in [4.69, 9.17) is 0 Å². The zero-order valence-electron chi connectivity index (χ0n) is 8.45. The Kier molecular flexibility index (Phi) is 2.33. The molecule has 0 aliphatic carbocycles. The molecule has 1 aromatic heterocycles. The van der Waals surface area contributed by atoms with Gasteiger partial charge in [0.05, 0.1) is 6.61 Å². The fraction of sp³-hybridized carbons (Fsp3) is 0.333. The quantitative estimate of drug-likeness (QED) is 0.800. The number of fused-ring (bicyclic) bond motifs is 1. The number of thiophene rings is 1. The van der Waals surface area contributed by atoms with Gasteiger partial charge < -0.3 is 5.11 Å². The molecule has 0 atom stereocenters. The third-order valence-electron chi connectivity index (χ3n) is 2.61. The minimum Gasteiger partial charge on any atom is -0.395 e. The minimum atomic E-state index is -0.139. The number of hydrogen-bond donors (Lipinski definition) is 1. The summed E-state index contributed by atoms with van der Waals surface area (Å²) < 4.78 is 1.30. The lowest BCUT2D eigenvalue weighted by molar-refractivity contribution is 0.220. The summed E-state index contributed by atoms with van der Waals surface area (Å²) in [5, 5.41) is 12.8. The summed E-state index contributed by atoms with van der Waals surface area (Å²) in [7, 11) is 0. The number of aliphatic hydroxyl groups is 1. The summed E-state index contributed by atoms with van der Waals surface area (Å²) in [4.78, 5) is 0. The molecule has 2 aromatic rings. The second-order valence-corrected chi connectivity index (χ2v) is 5.10. The van der Waals surface area contributed by atoms with Gasteiger partial charge in [-0.05, 0) is 22.4 Å². The van der Waals surface area contributed by atoms with Crippen LogP contribution in [0, 0.1) is 0 Å². The third-order valence-corrected chi connectivity index (χ3v) is 3.57. The van der Waals surface area contributed by atoms with Gasteiger partial charge in [0.15, 0.2) is 0 Å². The van der Waals surface area contributed by atoms with Crippen molar-refractivity contribution in [2.45, 2.75) is 19.3 Å². The molecule has 0 saturated heterocycles. The highest BCUT2D eigenvalue weighted by Gasteiger charge is 2.22. The summed E-state index contributed by atoms with van der Waals surface area (Å²) in [5.41, 5.74) is 1.11. The molecule has 14 heavy (non-hydrogen) atoms. The van der Waals surface area contributed by atoms with Gasteiger partial charge in [-0.3, -0.25) is 0 Å². The third kappa shape index (κ3) is 1.45. The van der Waals surface area contributed by atoms with E-state index in [9.17, 15) is 5.11 Å². The molecule has 0 amide bonds. The van der Waals surface area contributed by atoms with Gasteiger partial charge in [-0.15, -0.1) is 11.3 Å². The van der Waals surface area contributed by atoms with Crippen LogP contribution in [0.25, 0.3) is 10.1 Å². The van der Waals surface area contributed by atoms with Crippen LogP contribution >= 0.6 is 11.3 Å². The summed E-state index contributed by atoms with van der Waals surface area (Å²) in [6, 6.07) is 8.34. The SMILES string of the molecule is CC(C)(CO)c1csc2ccccc12. The number of rotatable bonds is 2. The molecule has 0 unspecified atom stereocenters. The van der Waals surface area contributed by atoms with Gasteiger partial charge >= 0.3 is 0 Å². The van der Waals surface area contributed by atoms with E-state index in [0.717, 1.165) is 0 Å². The summed E-state index contributed by atoms with van der Waals surface area (Å²) in [5.74, 6) is 0. The van der Waals surface area contributed by atoms with Gasteiger partial charge in [-0.25, -0.2) is 0 Å². The molecule has 0 bridgehead atoms. The molecule has 0 fully saturated rings. The molecule has 2 rings (SSSR count). The first-order valence-electron chi connectivity index (χ1n) is 4.73. The second kappa shape index (κ2) is 3.37. The van der Waals surface area contributed by atoms with Crippen LogP contribution in [0.5, 0.6) is 0 Å². The van der Waals surface area contributed by atoms with E-state index >= 15 is 0 Å². The van der Waals surface area contributed by atoms with Crippen LogP contribution < -0.4 is 0 Å². The van der Waals surface area contributed by atoms with Crippen molar-refractivity contribution in [1.29, 1.82) is 0 Å². The summed E-state index contributed by atoms with van der Waals surface area (Å²) in [6.07, 6.45) is 0. The highest BCUT2D eigenvalue weighted by Crippen LogP contribution is 2.34. The lowest BCUT2D eigenvalue weighted by atomic mass is 9.85. The maximum Gasteiger partial charge on any atom is 0.0523 e. The molecule has 0 aliphatic rings. The normalized spacial score (nSPS) is 12.2. The number of aliphatic hydroxyl groups excluding tert-OH is 1. The zero-order chi connectivity index (χ0) is 10.2. The smallest absolute Gasteiger partial charge is 0.0523 e. The van der Waals surface area contributed by atoms with Crippen LogP contribution in [-0.4, -0.2) is 11.7 Å². The molecule has 1 nitrogen and oxygen atoms in total. The second-order valence-electron chi connectivity index (χ2n) is 4.19. The number of benzene rings is 1. The Hall–Kier alpha value is -0.860. The van der Waals surface area contributed by atoms with Gasteiger partial charge in [0, 0.05) is 10.1 Å². The lowest BCUT2D eigenvalue weighted by Gasteiger charge is -2.21. The van der Waals surface area contributed by atoms with Crippen LogP contribution in [0.4, 0.5) is 0 Å². The van der Waals surface area contributed by atoms with E-state index in [-0.39, 0.29) is 12.0 Å². The maximum absolute atomic E-state index is 9.33. The van der Waals surface area contributed by atoms with Crippen LogP contribution in [0.2, 0.25) is 0 Å². The number of hydrogen-bond acceptors (Lipinski definition) is 2. The topological polar surface area (TPSA) is 20.2 Å². The highest BCUT2D eigenvalue weighted by atomic mass is 32.1. The standard InChI is InChI=1S/C12H14OS/c1-12(2,8-13)10-7-14-11-6-4-3-5-9(10)11/h3-7,13H,8H2,1-2H3. The van der Waals surface area contributed by atoms with Crippen molar-refractivity contribution in [2.24, 2.45) is 0 Å². The highest BCUT2D eigenvalue weighted by molar-refractivity contribution is 7.17. The van der Waals surface area contributed by atoms with E-state index < -0.39 is 0 Å². The molecular weight excluding hydrogens is 192 g/mol. The predicted molar refractivity (Wildman–Crippen MR) is 61.9 cm³/mol. The summed E-state index contributed by atoms with van der Waals surface area (Å²) in [6.45, 7) is 4.33. The first-order chi connectivity index (χ1) is 6.65. The van der Waals surface area contributed by atoms with Gasteiger partial charge in [0.1, 0.15) is 0 Å². The lowest BCUT2D eigenvalue weighted by Crippen LogP contribution is -2.21. The van der Waals surface area contributed by atoms with Gasteiger partial charge in [0.25, 0.3) is 0 Å². The predicted octanol–water partition coefficient (Wildman–Crippen LogP) is 3.17. The van der Waals surface area contributed by atoms with E-state index in [1.54, 1.807) is 11.3 Å². The molecule has 2 heteroatoms. The molecular formula is C12H14OS. The Labute approximate surface area is 88.0 Å². The van der Waals surface area contributed by atoms with Gasteiger partial charge in [0.2, 0.25) is 0 Å². The van der Waals surface area contributed by atoms with Crippen molar-refractivity contribution >= 4 is 21.4 Å². The Morgan fingerprint density at radius 3 is 2.71 bits per heavy atom. The molecule has 1 aromatic carbocycles. The van der Waals surface area contributed by atoms with Crippen molar-refractivity contribution < 1.29 is 5.11 Å². The van der Waals surface area contributed by atoms with Crippen molar-refractivity contribution in [3.63, 3.8) is 0 Å². The molecule has 74 valence electrons. The molecule has 1 heterocycles. The Bertz CT molecular complexity index is 442. The summed E-state index contributed by atoms with van der Waals surface area (Å²) >= 11 is 1.75. The molecule has 0 radical (unpaired) electrons. The Morgan fingerprint density at radius 1 is 1.29 bits per heavy atom. The Balaban J connectivity index is 2.64. The minimum absolute atomic E-state index is 0.139. The largest absolute Gasteiger partial charge is 0.395 e. The molecule has 0 saturated carbocycles. The molecule has 1 N–H and O–H groups in total. The van der Waals surface area contributed by atoms with Gasteiger partial charge in [-0.2, -0.15) is 0 Å². The van der Waals surface area contributed by atoms with Crippen LogP contribution in [0.15, 0.2) is 29.6 Å². The zero-order valence-corrected chi connectivity index (χ0v) is 9.27. The van der Waals surface area contributed by atoms with Crippen molar-refractivity contribution in [1.82, 2.24) is 0 Å². The average molecular weight is 206 g/mol. The first-order valence-corrected chi connectivity index (χ1v) is 5.61. The van der Waals surface area contributed by atoms with Crippen molar-refractivity contribution in [3.05, 3.63) is 35.2 Å². The Morgan fingerprint density at radius 2 is 2.00 bits per heavy atom. The molecule has 0 aliphatic heterocycles. The first kappa shape index (κ1) is 9.69. The van der Waals surface area contributed by atoms with Crippen LogP contribution in [0.1, 0.15) is 19.4 Å². The average Bonchev–Trinajstić information content (AvgIpc) is 2.61. The van der Waals surface area contributed by atoms with E-state index in [1.807, 2.05) is 6.07 Å². The molecule has 0 spiro atoms. The van der Waals surface area contributed by atoms with Crippen molar-refractivity contribution in [2.75, 3.05) is 6.61 Å². The van der Waals surface area contributed by atoms with Crippen molar-refractivity contribution in [3.8, 4) is 0 Å². The van der Waals surface area contributed by atoms with Crippen LogP contribution in [0.3, 0.4) is 0 Å². The maximum atomic E-state index is 9.33. The van der Waals surface area contributed by atoms with E-state index in [1.165, 1.54) is 15.6 Å². The van der Waals surface area contributed by atoms with Crippen LogP contribution in [-0.2, 0) is 5.41 Å². The van der Waals surface area contributed by atoms with E-state index in [2.05, 4.69) is 37.4 Å².